The minimum atomic E-state index is 0.0136. The maximum atomic E-state index is 5.90. The van der Waals surface area contributed by atoms with Gasteiger partial charge in [-0.1, -0.05) is 36.4 Å². The summed E-state index contributed by atoms with van der Waals surface area (Å²) in [5.41, 5.74) is 5.50. The third kappa shape index (κ3) is 3.33. The highest BCUT2D eigenvalue weighted by Crippen LogP contribution is 2.38. The Hall–Kier alpha value is -1.84. The van der Waals surface area contributed by atoms with Crippen LogP contribution in [-0.2, 0) is 15.9 Å². The second kappa shape index (κ2) is 7.37. The maximum Gasteiger partial charge on any atom is 0.157 e. The highest BCUT2D eigenvalue weighted by Gasteiger charge is 2.21. The summed E-state index contributed by atoms with van der Waals surface area (Å²) >= 11 is 0. The van der Waals surface area contributed by atoms with Crippen molar-refractivity contribution in [2.45, 2.75) is 38.4 Å². The first-order valence-corrected chi connectivity index (χ1v) is 9.08. The molecule has 1 atom stereocenters. The predicted octanol–water partition coefficient (Wildman–Crippen LogP) is 4.66. The average molecular weight is 323 g/mol. The second-order valence-electron chi connectivity index (χ2n) is 6.61. The molecule has 2 heterocycles. The van der Waals surface area contributed by atoms with Crippen LogP contribution < -0.4 is 4.90 Å². The van der Waals surface area contributed by atoms with Crippen molar-refractivity contribution < 1.29 is 9.47 Å². The van der Waals surface area contributed by atoms with E-state index in [9.17, 15) is 0 Å². The molecule has 0 bridgehead atoms. The molecule has 0 saturated carbocycles. The van der Waals surface area contributed by atoms with E-state index in [-0.39, 0.29) is 6.29 Å². The molecule has 2 aromatic rings. The summed E-state index contributed by atoms with van der Waals surface area (Å²) in [4.78, 5) is 2.44. The molecule has 0 aromatic heterocycles. The monoisotopic (exact) mass is 323 g/mol. The lowest BCUT2D eigenvalue weighted by molar-refractivity contribution is -0.162. The van der Waals surface area contributed by atoms with E-state index in [1.54, 1.807) is 0 Å². The van der Waals surface area contributed by atoms with Gasteiger partial charge in [0, 0.05) is 30.9 Å². The van der Waals surface area contributed by atoms with Gasteiger partial charge in [0.2, 0.25) is 0 Å². The molecule has 1 fully saturated rings. The van der Waals surface area contributed by atoms with Crippen molar-refractivity contribution in [3.05, 3.63) is 59.7 Å². The quantitative estimate of drug-likeness (QED) is 0.747. The van der Waals surface area contributed by atoms with Crippen molar-refractivity contribution in [3.63, 3.8) is 0 Å². The van der Waals surface area contributed by atoms with E-state index in [1.807, 2.05) is 0 Å². The van der Waals surface area contributed by atoms with Crippen LogP contribution in [0.3, 0.4) is 0 Å². The normalized spacial score (nSPS) is 19.7. The van der Waals surface area contributed by atoms with E-state index in [1.165, 1.54) is 35.3 Å². The van der Waals surface area contributed by atoms with Gasteiger partial charge in [-0.05, 0) is 48.9 Å². The third-order valence-corrected chi connectivity index (χ3v) is 4.91. The molecule has 0 amide bonds. The van der Waals surface area contributed by atoms with Gasteiger partial charge in [-0.2, -0.15) is 0 Å². The standard InChI is InChI=1S/C21H25NO2/c1-3-10-19-17(8-1)16-18-9-2-4-11-20(18)22(19)13-7-15-24-21-12-5-6-14-23-21/h1-4,8-11,21H,5-7,12-16H2. The first kappa shape index (κ1) is 15.7. The first-order valence-electron chi connectivity index (χ1n) is 9.08. The molecular weight excluding hydrogens is 298 g/mol. The van der Waals surface area contributed by atoms with E-state index >= 15 is 0 Å². The molecule has 126 valence electrons. The summed E-state index contributed by atoms with van der Waals surface area (Å²) in [6.45, 7) is 2.57. The van der Waals surface area contributed by atoms with Gasteiger partial charge in [0.25, 0.3) is 0 Å². The summed E-state index contributed by atoms with van der Waals surface area (Å²) in [5, 5.41) is 0. The summed E-state index contributed by atoms with van der Waals surface area (Å²) in [6.07, 6.45) is 5.46. The first-order chi connectivity index (χ1) is 11.9. The molecule has 24 heavy (non-hydrogen) atoms. The van der Waals surface area contributed by atoms with Crippen molar-refractivity contribution >= 4 is 11.4 Å². The summed E-state index contributed by atoms with van der Waals surface area (Å²) in [5.74, 6) is 0. The fourth-order valence-corrected chi connectivity index (χ4v) is 3.70. The Labute approximate surface area is 144 Å². The number of fused-ring (bicyclic) bond motifs is 2. The summed E-state index contributed by atoms with van der Waals surface area (Å²) < 4.78 is 11.5. The molecule has 3 heteroatoms. The lowest BCUT2D eigenvalue weighted by Crippen LogP contribution is -2.27. The van der Waals surface area contributed by atoms with Crippen molar-refractivity contribution in [2.24, 2.45) is 0 Å². The zero-order chi connectivity index (χ0) is 16.2. The molecular formula is C21H25NO2. The molecule has 0 radical (unpaired) electrons. The second-order valence-corrected chi connectivity index (χ2v) is 6.61. The van der Waals surface area contributed by atoms with E-state index in [0.717, 1.165) is 39.0 Å². The number of anilines is 2. The van der Waals surface area contributed by atoms with Gasteiger partial charge in [-0.15, -0.1) is 0 Å². The fourth-order valence-electron chi connectivity index (χ4n) is 3.70. The highest BCUT2D eigenvalue weighted by molar-refractivity contribution is 5.74. The lowest BCUT2D eigenvalue weighted by Gasteiger charge is -2.33. The molecule has 4 rings (SSSR count). The number of rotatable bonds is 5. The van der Waals surface area contributed by atoms with Gasteiger partial charge in [-0.25, -0.2) is 0 Å². The molecule has 1 saturated heterocycles. The Bertz CT molecular complexity index is 634. The van der Waals surface area contributed by atoms with Crippen molar-refractivity contribution in [1.29, 1.82) is 0 Å². The zero-order valence-electron chi connectivity index (χ0n) is 14.1. The van der Waals surface area contributed by atoms with Crippen LogP contribution >= 0.6 is 0 Å². The van der Waals surface area contributed by atoms with E-state index in [4.69, 9.17) is 9.47 Å². The summed E-state index contributed by atoms with van der Waals surface area (Å²) in [7, 11) is 0. The Balaban J connectivity index is 1.42. The lowest BCUT2D eigenvalue weighted by atomic mass is 9.95. The van der Waals surface area contributed by atoms with Crippen LogP contribution in [0.2, 0.25) is 0 Å². The van der Waals surface area contributed by atoms with Crippen LogP contribution in [0.5, 0.6) is 0 Å². The highest BCUT2D eigenvalue weighted by atomic mass is 16.7. The van der Waals surface area contributed by atoms with Crippen LogP contribution in [0, 0.1) is 0 Å². The van der Waals surface area contributed by atoms with Crippen LogP contribution in [0.15, 0.2) is 48.5 Å². The third-order valence-electron chi connectivity index (χ3n) is 4.91. The van der Waals surface area contributed by atoms with E-state index in [0.29, 0.717) is 0 Å². The van der Waals surface area contributed by atoms with Crippen molar-refractivity contribution in [1.82, 2.24) is 0 Å². The van der Waals surface area contributed by atoms with Crippen LogP contribution in [0.4, 0.5) is 11.4 Å². The van der Waals surface area contributed by atoms with Gasteiger partial charge in [0.1, 0.15) is 0 Å². The molecule has 3 nitrogen and oxygen atoms in total. The van der Waals surface area contributed by atoms with Crippen LogP contribution in [0.25, 0.3) is 0 Å². The topological polar surface area (TPSA) is 21.7 Å². The number of nitrogens with zero attached hydrogens (tertiary/aromatic N) is 1. The maximum absolute atomic E-state index is 5.90. The van der Waals surface area contributed by atoms with Crippen molar-refractivity contribution in [3.8, 4) is 0 Å². The van der Waals surface area contributed by atoms with Gasteiger partial charge < -0.3 is 14.4 Å². The van der Waals surface area contributed by atoms with Crippen molar-refractivity contribution in [2.75, 3.05) is 24.7 Å². The Morgan fingerprint density at radius 2 is 1.67 bits per heavy atom. The number of hydrogen-bond acceptors (Lipinski definition) is 3. The largest absolute Gasteiger partial charge is 0.353 e. The minimum Gasteiger partial charge on any atom is -0.353 e. The average Bonchev–Trinajstić information content (AvgIpc) is 2.65. The molecule has 1 unspecified atom stereocenters. The SMILES string of the molecule is c1ccc2c(c1)Cc1ccccc1N2CCCOC1CCCCO1. The molecule has 0 N–H and O–H groups in total. The van der Waals surface area contributed by atoms with Crippen LogP contribution in [-0.4, -0.2) is 26.0 Å². The fraction of sp³-hybridized carbons (Fsp3) is 0.429. The predicted molar refractivity (Wildman–Crippen MR) is 96.9 cm³/mol. The molecule has 0 spiro atoms. The molecule has 2 aromatic carbocycles. The Kier molecular flexibility index (Phi) is 4.81. The van der Waals surface area contributed by atoms with Gasteiger partial charge >= 0.3 is 0 Å². The summed E-state index contributed by atoms with van der Waals surface area (Å²) in [6, 6.07) is 17.5. The van der Waals surface area contributed by atoms with E-state index in [2.05, 4.69) is 53.4 Å². The van der Waals surface area contributed by atoms with E-state index < -0.39 is 0 Å². The zero-order valence-corrected chi connectivity index (χ0v) is 14.1. The number of ether oxygens (including phenoxy) is 2. The number of benzene rings is 2. The number of para-hydroxylation sites is 2. The van der Waals surface area contributed by atoms with Gasteiger partial charge in [0.15, 0.2) is 6.29 Å². The smallest absolute Gasteiger partial charge is 0.157 e. The molecule has 2 aliphatic heterocycles. The number of hydrogen-bond donors (Lipinski definition) is 0. The van der Waals surface area contributed by atoms with Gasteiger partial charge in [-0.3, -0.25) is 0 Å². The Morgan fingerprint density at radius 3 is 2.33 bits per heavy atom. The van der Waals surface area contributed by atoms with Gasteiger partial charge in [0.05, 0.1) is 6.61 Å². The Morgan fingerprint density at radius 1 is 0.958 bits per heavy atom. The molecule has 2 aliphatic rings. The molecule has 0 aliphatic carbocycles. The van der Waals surface area contributed by atoms with Crippen LogP contribution in [0.1, 0.15) is 36.8 Å². The minimum absolute atomic E-state index is 0.0136.